The van der Waals surface area contributed by atoms with Crippen LogP contribution in [0.4, 0.5) is 0 Å². The minimum absolute atomic E-state index is 1.26. The van der Waals surface area contributed by atoms with Gasteiger partial charge in [-0.05, 0) is 27.1 Å². The average Bonchev–Trinajstić information content (AvgIpc) is 2.93. The largest absolute Gasteiger partial charge is 0.309 e. The van der Waals surface area contributed by atoms with Crippen LogP contribution in [0.3, 0.4) is 0 Å². The summed E-state index contributed by atoms with van der Waals surface area (Å²) in [6, 6.07) is 0. The van der Waals surface area contributed by atoms with Gasteiger partial charge in [-0.3, -0.25) is 0 Å². The highest BCUT2D eigenvalue weighted by Crippen LogP contribution is 2.17. The number of hydrogen-bond acceptors (Lipinski definition) is 1. The fraction of sp³-hybridized carbons (Fsp3) is 1.00. The fourth-order valence-electron chi connectivity index (χ4n) is 6.16. The number of nitrogens with zero attached hydrogens (tertiary/aromatic N) is 1. The lowest BCUT2D eigenvalue weighted by Crippen LogP contribution is -2.12. The predicted octanol–water partition coefficient (Wildman–Crippen LogP) is 13.8. The van der Waals surface area contributed by atoms with Crippen LogP contribution in [0.15, 0.2) is 0 Å². The molecule has 0 aromatic carbocycles. The van der Waals surface area contributed by atoms with Crippen molar-refractivity contribution < 1.29 is 0 Å². The van der Waals surface area contributed by atoms with Gasteiger partial charge in [-0.2, -0.15) is 0 Å². The Kier molecular flexibility index (Phi) is 35.9. The Morgan fingerprint density at radius 2 is 0.385 bits per heavy atom. The van der Waals surface area contributed by atoms with Gasteiger partial charge in [-0.15, -0.1) is 0 Å². The lowest BCUT2D eigenvalue weighted by molar-refractivity contribution is 0.389. The van der Waals surface area contributed by atoms with E-state index in [0.717, 1.165) is 0 Å². The van der Waals surface area contributed by atoms with E-state index in [2.05, 4.69) is 25.9 Å². The smallest absolute Gasteiger partial charge is 0.00248 e. The van der Waals surface area contributed by atoms with Crippen molar-refractivity contribution in [2.24, 2.45) is 0 Å². The van der Waals surface area contributed by atoms with Gasteiger partial charge in [-0.1, -0.05) is 219 Å². The highest BCUT2D eigenvalue weighted by molar-refractivity contribution is 4.53. The molecule has 0 N–H and O–H groups in total. The van der Waals surface area contributed by atoms with E-state index in [4.69, 9.17) is 0 Å². The van der Waals surface area contributed by atoms with E-state index in [0.29, 0.717) is 0 Å². The molecule has 0 rings (SSSR count). The van der Waals surface area contributed by atoms with E-state index in [1.54, 1.807) is 0 Å². The Hall–Kier alpha value is -0.0400. The van der Waals surface area contributed by atoms with Gasteiger partial charge in [0.25, 0.3) is 0 Å². The molecular weight excluding hydrogens is 470 g/mol. The molecule has 0 heterocycles. The zero-order valence-corrected chi connectivity index (χ0v) is 28.2. The van der Waals surface area contributed by atoms with Gasteiger partial charge in [-0.25, -0.2) is 0 Å². The minimum atomic E-state index is 1.26. The van der Waals surface area contributed by atoms with Gasteiger partial charge in [0.05, 0.1) is 0 Å². The summed E-state index contributed by atoms with van der Waals surface area (Å²) in [6.45, 7) is 3.57. The molecule has 1 heteroatoms. The monoisotopic (exact) mass is 550 g/mol. The highest BCUT2D eigenvalue weighted by atomic mass is 15.0. The second-order valence-corrected chi connectivity index (χ2v) is 13.5. The van der Waals surface area contributed by atoms with Crippen molar-refractivity contribution in [1.82, 2.24) is 4.90 Å². The summed E-state index contributed by atoms with van der Waals surface area (Å²) >= 11 is 0. The molecule has 0 spiro atoms. The summed E-state index contributed by atoms with van der Waals surface area (Å²) in [4.78, 5) is 2.31. The molecule has 0 aliphatic carbocycles. The van der Waals surface area contributed by atoms with Gasteiger partial charge < -0.3 is 4.90 Å². The third-order valence-electron chi connectivity index (χ3n) is 8.96. The lowest BCUT2D eigenvalue weighted by atomic mass is 10.0. The zero-order chi connectivity index (χ0) is 28.3. The molecule has 0 amide bonds. The van der Waals surface area contributed by atoms with Crippen molar-refractivity contribution >= 4 is 0 Å². The topological polar surface area (TPSA) is 3.24 Å². The molecule has 0 radical (unpaired) electrons. The second kappa shape index (κ2) is 36.0. The predicted molar refractivity (Wildman–Crippen MR) is 181 cm³/mol. The third kappa shape index (κ3) is 38.0. The number of hydrogen-bond donors (Lipinski definition) is 0. The molecule has 0 atom stereocenters. The first-order valence-electron chi connectivity index (χ1n) is 18.9. The van der Waals surface area contributed by atoms with Crippen LogP contribution in [0.25, 0.3) is 0 Å². The third-order valence-corrected chi connectivity index (χ3v) is 8.96. The van der Waals surface area contributed by atoms with Gasteiger partial charge in [0.2, 0.25) is 0 Å². The molecule has 0 fully saturated rings. The fourth-order valence-corrected chi connectivity index (χ4v) is 6.16. The maximum absolute atomic E-state index is 2.31. The molecule has 0 unspecified atom stereocenters. The molecule has 39 heavy (non-hydrogen) atoms. The Morgan fingerprint density at radius 3 is 0.538 bits per heavy atom. The Bertz CT molecular complexity index is 404. The number of unbranched alkanes of at least 4 members (excludes halogenated alkanes) is 33. The van der Waals surface area contributed by atoms with E-state index in [-0.39, 0.29) is 0 Å². The Balaban J connectivity index is 3.02. The molecular formula is C38H79N. The molecule has 0 aliphatic rings. The number of rotatable bonds is 35. The second-order valence-electron chi connectivity index (χ2n) is 13.5. The first-order valence-corrected chi connectivity index (χ1v) is 18.9. The minimum Gasteiger partial charge on any atom is -0.309 e. The van der Waals surface area contributed by atoms with Gasteiger partial charge in [0, 0.05) is 0 Å². The summed E-state index contributed by atoms with van der Waals surface area (Å²) in [5.74, 6) is 0. The lowest BCUT2D eigenvalue weighted by Gasteiger charge is -2.08. The van der Waals surface area contributed by atoms with Crippen molar-refractivity contribution in [1.29, 1.82) is 0 Å². The van der Waals surface area contributed by atoms with E-state index in [1.165, 1.54) is 225 Å². The zero-order valence-electron chi connectivity index (χ0n) is 28.2. The van der Waals surface area contributed by atoms with E-state index in [9.17, 15) is 0 Å². The average molecular weight is 550 g/mol. The molecule has 0 saturated heterocycles. The summed E-state index contributed by atoms with van der Waals surface area (Å²) in [5, 5.41) is 0. The van der Waals surface area contributed by atoms with Crippen LogP contribution in [0.5, 0.6) is 0 Å². The van der Waals surface area contributed by atoms with Crippen molar-refractivity contribution in [3.8, 4) is 0 Å². The highest BCUT2D eigenvalue weighted by Gasteiger charge is 1.97. The van der Waals surface area contributed by atoms with Crippen molar-refractivity contribution in [2.75, 3.05) is 20.6 Å². The van der Waals surface area contributed by atoms with Crippen LogP contribution in [0, 0.1) is 0 Å². The van der Waals surface area contributed by atoms with Crippen LogP contribution >= 0.6 is 0 Å². The first-order chi connectivity index (χ1) is 19.3. The summed E-state index contributed by atoms with van der Waals surface area (Å²) in [5.41, 5.74) is 0. The Labute approximate surface area is 250 Å². The molecule has 1 nitrogen and oxygen atoms in total. The molecule has 0 aromatic rings. The standard InChI is InChI=1S/C38H79N/c1-4-5-6-7-8-9-10-11-12-13-14-15-16-17-18-19-20-21-22-23-24-25-26-27-28-29-30-31-32-33-34-35-36-37-38-39(2)3/h4-38H2,1-3H3. The SMILES string of the molecule is CCCCCCCCCCCCCCCCCCCCCCCCCCCCCCCCCCCCN(C)C. The first kappa shape index (κ1) is 39.0. The Morgan fingerprint density at radius 1 is 0.231 bits per heavy atom. The molecule has 236 valence electrons. The molecule has 0 aromatic heterocycles. The van der Waals surface area contributed by atoms with Crippen molar-refractivity contribution in [3.05, 3.63) is 0 Å². The van der Waals surface area contributed by atoms with Crippen molar-refractivity contribution in [2.45, 2.75) is 225 Å². The van der Waals surface area contributed by atoms with Gasteiger partial charge in [0.1, 0.15) is 0 Å². The van der Waals surface area contributed by atoms with Crippen LogP contribution < -0.4 is 0 Å². The van der Waals surface area contributed by atoms with Crippen LogP contribution in [-0.4, -0.2) is 25.5 Å². The quantitative estimate of drug-likeness (QED) is 0.0710. The van der Waals surface area contributed by atoms with Gasteiger partial charge in [0.15, 0.2) is 0 Å². The van der Waals surface area contributed by atoms with Crippen molar-refractivity contribution in [3.63, 3.8) is 0 Å². The van der Waals surface area contributed by atoms with Crippen LogP contribution in [0.1, 0.15) is 225 Å². The summed E-state index contributed by atoms with van der Waals surface area (Å²) in [6.07, 6.45) is 50.3. The molecule has 0 aliphatic heterocycles. The van der Waals surface area contributed by atoms with E-state index < -0.39 is 0 Å². The van der Waals surface area contributed by atoms with E-state index >= 15 is 0 Å². The van der Waals surface area contributed by atoms with Crippen LogP contribution in [-0.2, 0) is 0 Å². The van der Waals surface area contributed by atoms with E-state index in [1.807, 2.05) is 0 Å². The maximum atomic E-state index is 2.31. The normalized spacial score (nSPS) is 11.7. The van der Waals surface area contributed by atoms with Crippen LogP contribution in [0.2, 0.25) is 0 Å². The summed E-state index contributed by atoms with van der Waals surface area (Å²) in [7, 11) is 4.37. The molecule has 0 bridgehead atoms. The van der Waals surface area contributed by atoms with Gasteiger partial charge >= 0.3 is 0 Å². The molecule has 0 saturated carbocycles. The summed E-state index contributed by atoms with van der Waals surface area (Å²) < 4.78 is 0. The maximum Gasteiger partial charge on any atom is -0.00248 e.